The quantitative estimate of drug-likeness (QED) is 0.293. The van der Waals surface area contributed by atoms with Crippen LogP contribution < -0.4 is 4.90 Å². The fraction of sp³-hybridized carbons (Fsp3) is 0.0435. The van der Waals surface area contributed by atoms with E-state index in [0.29, 0.717) is 5.02 Å². The second-order valence-electron chi connectivity index (χ2n) is 6.99. The number of phenols is 1. The molecule has 9 heteroatoms. The number of benzene rings is 3. The zero-order valence-electron chi connectivity index (χ0n) is 16.0. The SMILES string of the molecule is O=C1C(=O)N(c2ccc(F)c(F)c2)C(c2ccc(O)c(Cl)c2)/C1=C(\O)c1ccc(Cl)cc1. The van der Waals surface area contributed by atoms with E-state index in [4.69, 9.17) is 23.2 Å². The number of carbonyl (C=O) groups excluding carboxylic acids is 2. The van der Waals surface area contributed by atoms with Crippen LogP contribution in [0.25, 0.3) is 5.76 Å². The number of ketones is 1. The third kappa shape index (κ3) is 3.70. The predicted octanol–water partition coefficient (Wildman–Crippen LogP) is 5.60. The molecule has 5 nitrogen and oxygen atoms in total. The van der Waals surface area contributed by atoms with Crippen molar-refractivity contribution in [3.63, 3.8) is 0 Å². The van der Waals surface area contributed by atoms with Crippen LogP contribution in [0.5, 0.6) is 5.75 Å². The number of anilines is 1. The molecular weight excluding hydrogens is 463 g/mol. The molecular formula is C23H13Cl2F2NO4. The maximum atomic E-state index is 13.9. The highest BCUT2D eigenvalue weighted by Crippen LogP contribution is 2.43. The van der Waals surface area contributed by atoms with E-state index >= 15 is 0 Å². The topological polar surface area (TPSA) is 77.8 Å². The summed E-state index contributed by atoms with van der Waals surface area (Å²) in [4.78, 5) is 26.9. The van der Waals surface area contributed by atoms with Crippen LogP contribution in [-0.4, -0.2) is 21.9 Å². The largest absolute Gasteiger partial charge is 0.507 e. The van der Waals surface area contributed by atoms with Gasteiger partial charge in [-0.2, -0.15) is 0 Å². The second-order valence-corrected chi connectivity index (χ2v) is 7.83. The summed E-state index contributed by atoms with van der Waals surface area (Å²) in [7, 11) is 0. The first kappa shape index (κ1) is 21.8. The Morgan fingerprint density at radius 2 is 1.59 bits per heavy atom. The van der Waals surface area contributed by atoms with Crippen LogP contribution >= 0.6 is 23.2 Å². The molecule has 0 spiro atoms. The van der Waals surface area contributed by atoms with Gasteiger partial charge in [-0.25, -0.2) is 8.78 Å². The molecule has 1 atom stereocenters. The average molecular weight is 476 g/mol. The van der Waals surface area contributed by atoms with Crippen molar-refractivity contribution in [2.24, 2.45) is 0 Å². The summed E-state index contributed by atoms with van der Waals surface area (Å²) in [5.41, 5.74) is 0.0824. The summed E-state index contributed by atoms with van der Waals surface area (Å²) >= 11 is 11.9. The van der Waals surface area contributed by atoms with Crippen molar-refractivity contribution in [1.82, 2.24) is 0 Å². The zero-order chi connectivity index (χ0) is 23.2. The van der Waals surface area contributed by atoms with Crippen molar-refractivity contribution in [3.05, 3.63) is 99.0 Å². The minimum Gasteiger partial charge on any atom is -0.507 e. The standard InChI is InChI=1S/C23H13Cl2F2NO4/c24-13-4-1-11(2-5-13)21(30)19-20(12-3-8-18(29)15(25)9-12)28(23(32)22(19)31)14-6-7-16(26)17(27)10-14/h1-10,20,29-30H/b21-19+. The summed E-state index contributed by atoms with van der Waals surface area (Å²) in [6, 6.07) is 11.4. The number of carbonyl (C=O) groups is 2. The van der Waals surface area contributed by atoms with Crippen LogP contribution in [0.3, 0.4) is 0 Å². The molecule has 1 saturated heterocycles. The Hall–Kier alpha value is -3.42. The fourth-order valence-electron chi connectivity index (χ4n) is 3.51. The third-order valence-electron chi connectivity index (χ3n) is 5.03. The van der Waals surface area contributed by atoms with E-state index in [2.05, 4.69) is 0 Å². The second kappa shape index (κ2) is 8.26. The number of halogens is 4. The number of nitrogens with zero attached hydrogens (tertiary/aromatic N) is 1. The van der Waals surface area contributed by atoms with Crippen LogP contribution in [-0.2, 0) is 9.59 Å². The van der Waals surface area contributed by atoms with Crippen LogP contribution in [0, 0.1) is 11.6 Å². The Labute approximate surface area is 190 Å². The minimum absolute atomic E-state index is 0.0649. The lowest BCUT2D eigenvalue weighted by molar-refractivity contribution is -0.132. The maximum absolute atomic E-state index is 13.9. The van der Waals surface area contributed by atoms with Gasteiger partial charge in [-0.3, -0.25) is 14.5 Å². The average Bonchev–Trinajstić information content (AvgIpc) is 3.03. The third-order valence-corrected chi connectivity index (χ3v) is 5.59. The normalized spacial score (nSPS) is 17.8. The first-order valence-electron chi connectivity index (χ1n) is 9.19. The smallest absolute Gasteiger partial charge is 0.300 e. The number of aliphatic hydroxyl groups is 1. The molecule has 1 amide bonds. The van der Waals surface area contributed by atoms with Crippen LogP contribution in [0.4, 0.5) is 14.5 Å². The Bertz CT molecular complexity index is 1290. The molecule has 0 aromatic heterocycles. The highest BCUT2D eigenvalue weighted by Gasteiger charge is 2.47. The predicted molar refractivity (Wildman–Crippen MR) is 116 cm³/mol. The summed E-state index contributed by atoms with van der Waals surface area (Å²) in [5, 5.41) is 21.0. The molecule has 3 aromatic carbocycles. The van der Waals surface area contributed by atoms with Gasteiger partial charge in [0.05, 0.1) is 16.6 Å². The lowest BCUT2D eigenvalue weighted by Gasteiger charge is -2.25. The Morgan fingerprint density at radius 1 is 0.906 bits per heavy atom. The van der Waals surface area contributed by atoms with Crippen LogP contribution in [0.1, 0.15) is 17.2 Å². The van der Waals surface area contributed by atoms with Gasteiger partial charge in [0.2, 0.25) is 0 Å². The van der Waals surface area contributed by atoms with Crippen molar-refractivity contribution in [2.45, 2.75) is 6.04 Å². The van der Waals surface area contributed by atoms with E-state index in [9.17, 15) is 28.6 Å². The van der Waals surface area contributed by atoms with Gasteiger partial charge in [0.15, 0.2) is 11.6 Å². The molecule has 32 heavy (non-hydrogen) atoms. The molecule has 0 bridgehead atoms. The van der Waals surface area contributed by atoms with E-state index in [1.54, 1.807) is 0 Å². The number of phenolic OH excluding ortho intramolecular Hbond substituents is 1. The molecule has 3 aromatic rings. The molecule has 162 valence electrons. The van der Waals surface area contributed by atoms with Crippen LogP contribution in [0.2, 0.25) is 10.0 Å². The van der Waals surface area contributed by atoms with Gasteiger partial charge in [-0.05, 0) is 54.1 Å². The van der Waals surface area contributed by atoms with Crippen molar-refractivity contribution in [3.8, 4) is 5.75 Å². The molecule has 1 aliphatic rings. The highest BCUT2D eigenvalue weighted by atomic mass is 35.5. The van der Waals surface area contributed by atoms with E-state index in [-0.39, 0.29) is 33.2 Å². The van der Waals surface area contributed by atoms with Crippen molar-refractivity contribution >= 4 is 46.3 Å². The first-order valence-corrected chi connectivity index (χ1v) is 9.95. The summed E-state index contributed by atoms with van der Waals surface area (Å²) < 4.78 is 27.4. The van der Waals surface area contributed by atoms with Gasteiger partial charge in [0, 0.05) is 22.3 Å². The van der Waals surface area contributed by atoms with Gasteiger partial charge in [0.1, 0.15) is 11.5 Å². The molecule has 0 saturated carbocycles. The van der Waals surface area contributed by atoms with E-state index in [0.717, 1.165) is 23.1 Å². The Balaban J connectivity index is 1.97. The zero-order valence-corrected chi connectivity index (χ0v) is 17.5. The highest BCUT2D eigenvalue weighted by molar-refractivity contribution is 6.51. The maximum Gasteiger partial charge on any atom is 0.300 e. The summed E-state index contributed by atoms with van der Waals surface area (Å²) in [6.45, 7) is 0. The number of aliphatic hydroxyl groups excluding tert-OH is 1. The molecule has 4 rings (SSSR count). The number of aromatic hydroxyl groups is 1. The molecule has 0 radical (unpaired) electrons. The number of Topliss-reactive ketones (excluding diaryl/α,β-unsaturated/α-hetero) is 1. The number of amides is 1. The fourth-order valence-corrected chi connectivity index (χ4v) is 3.82. The Kier molecular flexibility index (Phi) is 5.62. The summed E-state index contributed by atoms with van der Waals surface area (Å²) in [5.74, 6) is -5.16. The van der Waals surface area contributed by atoms with Gasteiger partial charge < -0.3 is 10.2 Å². The summed E-state index contributed by atoms with van der Waals surface area (Å²) in [6.07, 6.45) is 0. The molecule has 2 N–H and O–H groups in total. The van der Waals surface area contributed by atoms with Gasteiger partial charge in [-0.15, -0.1) is 0 Å². The van der Waals surface area contributed by atoms with E-state index < -0.39 is 35.1 Å². The van der Waals surface area contributed by atoms with Crippen molar-refractivity contribution < 1.29 is 28.6 Å². The monoisotopic (exact) mass is 475 g/mol. The van der Waals surface area contributed by atoms with Gasteiger partial charge in [-0.1, -0.05) is 29.3 Å². The van der Waals surface area contributed by atoms with Crippen molar-refractivity contribution in [2.75, 3.05) is 4.90 Å². The minimum atomic E-state index is -1.23. The molecule has 1 heterocycles. The Morgan fingerprint density at radius 3 is 2.22 bits per heavy atom. The first-order chi connectivity index (χ1) is 15.2. The molecule has 1 unspecified atom stereocenters. The molecule has 1 fully saturated rings. The van der Waals surface area contributed by atoms with Gasteiger partial charge >= 0.3 is 0 Å². The molecule has 0 aliphatic carbocycles. The lowest BCUT2D eigenvalue weighted by Crippen LogP contribution is -2.29. The number of rotatable bonds is 3. The van der Waals surface area contributed by atoms with Crippen LogP contribution in [0.15, 0.2) is 66.2 Å². The van der Waals surface area contributed by atoms with E-state index in [1.807, 2.05) is 0 Å². The van der Waals surface area contributed by atoms with Gasteiger partial charge in [0.25, 0.3) is 11.7 Å². The number of hydrogen-bond acceptors (Lipinski definition) is 4. The van der Waals surface area contributed by atoms with E-state index in [1.165, 1.54) is 42.5 Å². The lowest BCUT2D eigenvalue weighted by atomic mass is 9.95. The molecule has 1 aliphatic heterocycles. The number of hydrogen-bond donors (Lipinski definition) is 2. The van der Waals surface area contributed by atoms with Crippen molar-refractivity contribution in [1.29, 1.82) is 0 Å².